The molecule has 0 aliphatic carbocycles. The summed E-state index contributed by atoms with van der Waals surface area (Å²) in [5.74, 6) is -29.6. The number of amides is 14. The molecule has 0 radical (unpaired) electrons. The number of ketones is 1. The third kappa shape index (κ3) is 30.7. The number of carbonyl (C=O) groups is 20. The molecule has 0 saturated carbocycles. The van der Waals surface area contributed by atoms with E-state index in [0.717, 1.165) is 31.9 Å². The number of carboxylic acids is 4. The van der Waals surface area contributed by atoms with Crippen LogP contribution in [0.5, 0.6) is 0 Å². The number of aromatic nitrogens is 1. The van der Waals surface area contributed by atoms with Crippen molar-refractivity contribution in [1.82, 2.24) is 74.1 Å². The van der Waals surface area contributed by atoms with E-state index in [0.29, 0.717) is 29.3 Å². The summed E-state index contributed by atoms with van der Waals surface area (Å²) in [6.07, 6.45) is -7.72. The summed E-state index contributed by atoms with van der Waals surface area (Å²) in [5, 5.41) is 78.7. The van der Waals surface area contributed by atoms with Crippen molar-refractivity contribution in [2.24, 2.45) is 17.4 Å². The number of carbonyl (C=O) groups excluding carboxylic acids is 16. The van der Waals surface area contributed by atoms with Gasteiger partial charge < -0.3 is 122 Å². The van der Waals surface area contributed by atoms with Crippen LogP contribution in [-0.2, 0) is 109 Å². The standard InChI is InChI=1S/C75H99N17O26/c1-35(2)40-21-19-39(20-22-40)12-10-18-56(96)84-47(25-41-31-79-45-16-9-7-13-42(41)45)69(111)87-48(27-55(78)95)70(112)89-51(30-62(105)106)71(113)92-64-38(5)118-75(117)52(26-54(94)43-14-6-8-15-44(43)77)90-74(116)63(36(3)24-59(99)100)91-72(114)53(34-93)85-58(98)32-80-66(108)49(28-60(101)102)86-65(107)37(4)82-68(110)50(29-61(103)104)88-67(109)46(17-11-23-76)83-57(97)33-81-73(64)115/h6-9,13-16,19-22,31,35-38,46-53,63-64,79,93H,10-12,17-18,23-30,32-34,76-77H2,1-5H3,(H2,78,95)(H,80,108)(H,81,115)(H,82,110)(H,83,97)(H,84,96)(H,85,98)(H,86,107)(H,87,111)(H,88,109)(H,89,112)(H,90,116)(H,91,114)(H,92,113)(H,99,100)(H,101,102)(H,103,104)(H,105,106)/t36-,37-,38-,46+,47+,48-,49+,50+,51+,52+,53-,63+,64+/m1/s1. The number of anilines is 1. The number of aliphatic carboxylic acids is 4. The molecular formula is C75H99N17O26. The van der Waals surface area contributed by atoms with Crippen LogP contribution in [0, 0.1) is 5.92 Å². The van der Waals surface area contributed by atoms with Gasteiger partial charge in [0, 0.05) is 47.6 Å². The number of hydrogen-bond donors (Lipinski definition) is 22. The Morgan fingerprint density at radius 1 is 0.551 bits per heavy atom. The Balaban J connectivity index is 1.59. The van der Waals surface area contributed by atoms with Gasteiger partial charge in [-0.25, -0.2) is 4.79 Å². The molecule has 1 aliphatic rings. The highest BCUT2D eigenvalue weighted by molar-refractivity contribution is 6.05. The van der Waals surface area contributed by atoms with Crippen molar-refractivity contribution in [2.75, 3.05) is 32.0 Å². The van der Waals surface area contributed by atoms with Crippen LogP contribution < -0.4 is 86.3 Å². The second-order valence-electron chi connectivity index (χ2n) is 28.1. The van der Waals surface area contributed by atoms with Crippen LogP contribution in [0.3, 0.4) is 0 Å². The lowest BCUT2D eigenvalue weighted by Crippen LogP contribution is -2.62. The van der Waals surface area contributed by atoms with Crippen LogP contribution >= 0.6 is 0 Å². The van der Waals surface area contributed by atoms with E-state index in [1.54, 1.807) is 30.5 Å². The quantitative estimate of drug-likeness (QED) is 0.0123. The van der Waals surface area contributed by atoms with Gasteiger partial charge in [-0.3, -0.25) is 91.1 Å². The van der Waals surface area contributed by atoms with Crippen molar-refractivity contribution in [3.05, 3.63) is 101 Å². The van der Waals surface area contributed by atoms with Gasteiger partial charge in [0.1, 0.15) is 72.6 Å². The van der Waals surface area contributed by atoms with Crippen LogP contribution in [-0.4, -0.2) is 248 Å². The number of aromatic amines is 1. The summed E-state index contributed by atoms with van der Waals surface area (Å²) >= 11 is 0. The van der Waals surface area contributed by atoms with Crippen LogP contribution in [0.15, 0.2) is 79.0 Å². The first kappa shape index (κ1) is 95.1. The lowest BCUT2D eigenvalue weighted by molar-refractivity contribution is -0.156. The molecule has 4 aromatic rings. The van der Waals surface area contributed by atoms with Crippen molar-refractivity contribution in [3.8, 4) is 0 Å². The molecule has 118 heavy (non-hydrogen) atoms. The molecular weight excluding hydrogens is 1550 g/mol. The van der Waals surface area contributed by atoms with Crippen LogP contribution in [0.4, 0.5) is 5.69 Å². The van der Waals surface area contributed by atoms with Crippen molar-refractivity contribution in [2.45, 2.75) is 190 Å². The number of aliphatic hydroxyl groups is 1. The minimum absolute atomic E-state index is 0.0975. The second-order valence-corrected chi connectivity index (χ2v) is 28.1. The molecule has 1 fully saturated rings. The van der Waals surface area contributed by atoms with Gasteiger partial charge in [0.15, 0.2) is 5.78 Å². The molecule has 43 nitrogen and oxygen atoms in total. The fourth-order valence-corrected chi connectivity index (χ4v) is 12.0. The van der Waals surface area contributed by atoms with Crippen LogP contribution in [0.25, 0.3) is 10.9 Å². The van der Waals surface area contributed by atoms with E-state index in [1.807, 2.05) is 54.1 Å². The van der Waals surface area contributed by atoms with E-state index in [2.05, 4.69) is 58.2 Å². The number of H-pyrrole nitrogens is 1. The summed E-state index contributed by atoms with van der Waals surface area (Å²) in [4.78, 5) is 277. The number of esters is 1. The van der Waals surface area contributed by atoms with Gasteiger partial charge in [0.2, 0.25) is 82.7 Å². The largest absolute Gasteiger partial charge is 0.481 e. The highest BCUT2D eigenvalue weighted by Crippen LogP contribution is 2.22. The predicted molar refractivity (Wildman–Crippen MR) is 411 cm³/mol. The highest BCUT2D eigenvalue weighted by Gasteiger charge is 2.41. The maximum Gasteiger partial charge on any atom is 0.329 e. The van der Waals surface area contributed by atoms with Gasteiger partial charge in [0.25, 0.3) is 0 Å². The lowest BCUT2D eigenvalue weighted by atomic mass is 9.96. The van der Waals surface area contributed by atoms with Crippen molar-refractivity contribution < 1.29 is 126 Å². The number of nitrogens with two attached hydrogens (primary N) is 3. The van der Waals surface area contributed by atoms with E-state index < -0.39 is 261 Å². The zero-order valence-electron chi connectivity index (χ0n) is 64.9. The van der Waals surface area contributed by atoms with Gasteiger partial charge in [-0.2, -0.15) is 0 Å². The number of nitrogen functional groups attached to an aromatic ring is 1. The molecule has 0 spiro atoms. The summed E-state index contributed by atoms with van der Waals surface area (Å²) in [6.45, 7) is 3.09. The SMILES string of the molecule is CC(C)c1ccc(CCCC(=O)N[C@@H](Cc2c[nH]c3ccccc23)C(=O)N[C@H](CC(N)=O)C(=O)N[C@@H](CC(=O)O)C(=O)N[C@@H]2C(=O)NCC(=O)N[C@@H](CCCN)C(=O)N[C@@H](CC(=O)O)C(=O)N[C@H](C)C(=O)N[C@@H](CC(=O)O)C(=O)NCC(=O)N[C@H](CO)C(=O)N[C@@H]([C@H](C)CC(=O)O)C(=O)N[C@@H](CC(=O)c3ccccc3N)C(=O)O[C@@H]2C)cc1. The number of carboxylic acid groups (broad SMARTS) is 4. The minimum Gasteiger partial charge on any atom is -0.481 e. The first-order valence-electron chi connectivity index (χ1n) is 37.2. The molecule has 5 rings (SSSR count). The summed E-state index contributed by atoms with van der Waals surface area (Å²) < 4.78 is 5.69. The monoisotopic (exact) mass is 1650 g/mol. The predicted octanol–water partition coefficient (Wildman–Crippen LogP) is -5.62. The Kier molecular flexibility index (Phi) is 37.2. The number of benzene rings is 3. The normalized spacial score (nSPS) is 21.0. The number of rotatable bonds is 32. The molecule has 1 aromatic heterocycles. The van der Waals surface area contributed by atoms with Crippen molar-refractivity contribution in [1.29, 1.82) is 0 Å². The number of Topliss-reactive ketones (excluding diaryl/α,β-unsaturated/α-hetero) is 1. The first-order valence-corrected chi connectivity index (χ1v) is 37.2. The summed E-state index contributed by atoms with van der Waals surface area (Å²) in [5.41, 5.74) is 20.1. The van der Waals surface area contributed by atoms with Crippen LogP contribution in [0.2, 0.25) is 0 Å². The average molecular weight is 1650 g/mol. The molecule has 25 N–H and O–H groups in total. The third-order valence-corrected chi connectivity index (χ3v) is 18.4. The Labute approximate surface area is 673 Å². The Morgan fingerprint density at radius 3 is 1.69 bits per heavy atom. The molecule has 640 valence electrons. The molecule has 2 heterocycles. The number of nitrogens with one attached hydrogen (secondary N) is 14. The van der Waals surface area contributed by atoms with Gasteiger partial charge in [-0.1, -0.05) is 75.4 Å². The maximum atomic E-state index is 14.9. The molecule has 3 aromatic carbocycles. The van der Waals surface area contributed by atoms with E-state index in [1.165, 1.54) is 24.3 Å². The number of aliphatic hydroxyl groups excluding tert-OH is 1. The van der Waals surface area contributed by atoms with E-state index in [4.69, 9.17) is 21.9 Å². The van der Waals surface area contributed by atoms with E-state index in [-0.39, 0.29) is 43.0 Å². The molecule has 0 bridgehead atoms. The van der Waals surface area contributed by atoms with E-state index >= 15 is 0 Å². The molecule has 43 heteroatoms. The van der Waals surface area contributed by atoms with Crippen molar-refractivity contribution in [3.63, 3.8) is 0 Å². The Morgan fingerprint density at radius 2 is 1.10 bits per heavy atom. The second kappa shape index (κ2) is 46.2. The summed E-state index contributed by atoms with van der Waals surface area (Å²) in [6, 6.07) is -2.91. The third-order valence-electron chi connectivity index (χ3n) is 18.4. The van der Waals surface area contributed by atoms with Gasteiger partial charge >= 0.3 is 29.8 Å². The molecule has 13 atom stereocenters. The van der Waals surface area contributed by atoms with Gasteiger partial charge in [0.05, 0.1) is 51.8 Å². The zero-order chi connectivity index (χ0) is 87.8. The number of fused-ring (bicyclic) bond motifs is 1. The number of cyclic esters (lactones) is 1. The number of hydrogen-bond acceptors (Lipinski definition) is 24. The van der Waals surface area contributed by atoms with Gasteiger partial charge in [-0.05, 0) is 92.8 Å². The molecule has 1 saturated heterocycles. The molecule has 0 unspecified atom stereocenters. The van der Waals surface area contributed by atoms with Crippen LogP contribution in [0.1, 0.15) is 132 Å². The number of primary amides is 1. The zero-order valence-corrected chi connectivity index (χ0v) is 64.9. The number of para-hydroxylation sites is 2. The van der Waals surface area contributed by atoms with Gasteiger partial charge in [-0.15, -0.1) is 0 Å². The fraction of sp³-hybridized carbons (Fsp3) is 0.467. The van der Waals surface area contributed by atoms with Crippen molar-refractivity contribution >= 4 is 135 Å². The smallest absolute Gasteiger partial charge is 0.329 e. The highest BCUT2D eigenvalue weighted by atomic mass is 16.5. The Bertz CT molecular complexity index is 4380. The number of ether oxygens (including phenoxy) is 1. The minimum atomic E-state index is -2.46. The average Bonchev–Trinajstić information content (AvgIpc) is 1.56. The lowest BCUT2D eigenvalue weighted by Gasteiger charge is -2.30. The number of aryl methyl sites for hydroxylation is 1. The topological polar surface area (TPSA) is 702 Å². The first-order chi connectivity index (χ1) is 55.7. The molecule has 14 amide bonds. The summed E-state index contributed by atoms with van der Waals surface area (Å²) in [7, 11) is 0. The molecule has 1 aliphatic heterocycles. The van der Waals surface area contributed by atoms with E-state index in [9.17, 15) is 121 Å². The fourth-order valence-electron chi connectivity index (χ4n) is 12.0. The maximum absolute atomic E-state index is 14.9. The Hall–Kier alpha value is -13.5.